The van der Waals surface area contributed by atoms with Gasteiger partial charge in [0, 0.05) is 138 Å². The Labute approximate surface area is 877 Å². The van der Waals surface area contributed by atoms with Gasteiger partial charge in [0.15, 0.2) is 0 Å². The molecule has 0 unspecified atom stereocenters. The van der Waals surface area contributed by atoms with Gasteiger partial charge in [-0.1, -0.05) is 152 Å². The van der Waals surface area contributed by atoms with E-state index in [1.165, 1.54) is 107 Å². The molecule has 0 radical (unpaired) electrons. The number of alkyl halides is 1. The largest absolute Gasteiger partial charge is 0.478 e. The fraction of sp³-hybridized carbons (Fsp3) is 0.380. The molecule has 774 valence electrons. The average molecular weight is 2410 g/mol. The van der Waals surface area contributed by atoms with Crippen LogP contribution in [0.4, 0.5) is 43.4 Å². The van der Waals surface area contributed by atoms with Crippen molar-refractivity contribution >= 4 is 188 Å². The molecule has 0 aromatic heterocycles. The van der Waals surface area contributed by atoms with E-state index >= 15 is 0 Å². The van der Waals surface area contributed by atoms with E-state index in [1.54, 1.807) is 19.9 Å². The Kier molecular flexibility index (Phi) is 38.6. The molecule has 9 aromatic carbocycles. The maximum Gasteiger partial charge on any atom is 0.338 e. The molecule has 5 amide bonds. The molecular formula is C100H110Br5F6N11O17S5. The van der Waals surface area contributed by atoms with Crippen molar-refractivity contribution in [3.05, 3.63) is 300 Å². The standard InChI is InChI=1S/C24H30FN3O3S.C24H28FN3O3S.C22H25BrFN3O3S.C11H10Br2FNO3S.C11H11BrFNO3S.C8H6BrFO2/c2*1-3-18-14-22(24(29)26-32(30,31)21-8-9-21)23(25)15-19(18)16-27-10-12-28(13-11-27)20-6-4-17(2)5-7-20;1-15-2-4-17(5-3-15)27-10-8-26(9-11-27)14-16-12-21(24)19(13-20(16)23)22(28)25-31(29,30)18-6-7-18;12-5-6-3-10(14)8(4-9(6)13)11(16)15-19(17,18)7-1-2-7;1-6-4-10(13)8(5-9(6)12)11(15)14-18(16,17)7-2-3-7;1-4-2-7(10)5(8(11)12)3-6(4)9/h4-7,14-15,21H,3,8-13,16H2,1-2H3,(H,26,29);3-7,14-15,21H,1,8-13,16H2,2H3,(H,26,29);2-5,12-13,18H,6-11,14H2,1H3,(H,25,28);3-4,7H,1-2,5H2,(H,15,16);4-5,7H,2-3H2,1H3,(H,14,15);2-3H,1H3,(H,11,12). The monoisotopic (exact) mass is 2410 g/mol. The number of nitrogens with one attached hydrogen (secondary N) is 5. The molecule has 0 spiro atoms. The molecule has 3 aliphatic heterocycles. The lowest BCUT2D eigenvalue weighted by molar-refractivity contribution is 0.0690. The number of piperazine rings is 3. The summed E-state index contributed by atoms with van der Waals surface area (Å²) in [6.07, 6.45) is 7.58. The molecule has 144 heavy (non-hydrogen) atoms. The van der Waals surface area contributed by atoms with Gasteiger partial charge in [-0.2, -0.15) is 0 Å². The maximum atomic E-state index is 14.8. The number of aryl methyl sites for hydroxylation is 6. The van der Waals surface area contributed by atoms with Crippen LogP contribution in [0.2, 0.25) is 0 Å². The summed E-state index contributed by atoms with van der Waals surface area (Å²) < 4.78 is 215. The lowest BCUT2D eigenvalue weighted by Crippen LogP contribution is -2.46. The van der Waals surface area contributed by atoms with Crippen LogP contribution in [0.15, 0.2) is 170 Å². The molecule has 6 N–H and O–H groups in total. The quantitative estimate of drug-likeness (QED) is 0.0196. The SMILES string of the molecule is C=Cc1cc(C(=O)NS(=O)(=O)C2CC2)c(F)cc1CN1CCN(c2ccc(C)cc2)CC1.CCc1cc(C(=O)NS(=O)(=O)C2CC2)c(F)cc1CN1CCN(c2ccc(C)cc2)CC1.Cc1cc(F)c(C(=O)NS(=O)(=O)C2CC2)cc1Br.Cc1cc(F)c(C(=O)O)cc1Br.Cc1ccc(N2CCN(Cc3cc(F)c(C(=O)NS(=O)(=O)C4CC4)cc3Br)CC2)cc1.O=C(NS(=O)(=O)C1CC1)c1cc(Br)c(CBr)cc1F. The molecule has 3 saturated heterocycles. The van der Waals surface area contributed by atoms with E-state index in [4.69, 9.17) is 5.11 Å². The van der Waals surface area contributed by atoms with Crippen LogP contribution in [-0.4, -0.2) is 202 Å². The first-order chi connectivity index (χ1) is 67.9. The van der Waals surface area contributed by atoms with Gasteiger partial charge in [0.05, 0.1) is 59.6 Å². The van der Waals surface area contributed by atoms with Gasteiger partial charge in [0.2, 0.25) is 50.1 Å². The number of carboxylic acid groups (broad SMARTS) is 1. The predicted octanol–water partition coefficient (Wildman–Crippen LogP) is 17.4. The van der Waals surface area contributed by atoms with Crippen molar-refractivity contribution in [1.29, 1.82) is 0 Å². The molecule has 44 heteroatoms. The Morgan fingerprint density at radius 2 is 0.576 bits per heavy atom. The van der Waals surface area contributed by atoms with E-state index in [9.17, 15) is 97.2 Å². The fourth-order valence-electron chi connectivity index (χ4n) is 15.5. The fourth-order valence-corrected chi connectivity index (χ4v) is 24.5. The summed E-state index contributed by atoms with van der Waals surface area (Å²) in [7, 11) is -18.5. The molecular weight excluding hydrogens is 2300 g/mol. The molecule has 0 bridgehead atoms. The van der Waals surface area contributed by atoms with E-state index in [0.29, 0.717) is 136 Å². The second kappa shape index (κ2) is 49.1. The zero-order chi connectivity index (χ0) is 105. The second-order valence-corrected chi connectivity index (χ2v) is 50.1. The van der Waals surface area contributed by atoms with Crippen molar-refractivity contribution in [2.24, 2.45) is 0 Å². The number of hydrogen-bond donors (Lipinski definition) is 6. The van der Waals surface area contributed by atoms with E-state index in [0.717, 1.165) is 101 Å². The van der Waals surface area contributed by atoms with Crippen molar-refractivity contribution in [2.75, 3.05) is 93.2 Å². The highest BCUT2D eigenvalue weighted by molar-refractivity contribution is 9.11. The molecule has 0 atom stereocenters. The number of rotatable bonds is 28. The van der Waals surface area contributed by atoms with E-state index < -0.39 is 147 Å². The van der Waals surface area contributed by atoms with Gasteiger partial charge in [-0.25, -0.2) is 96.8 Å². The first kappa shape index (κ1) is 113. The van der Waals surface area contributed by atoms with Crippen LogP contribution in [0.5, 0.6) is 0 Å². The predicted molar refractivity (Wildman–Crippen MR) is 561 cm³/mol. The first-order valence-electron chi connectivity index (χ1n) is 46.3. The molecule has 9 aromatic rings. The third-order valence-corrected chi connectivity index (χ3v) is 37.9. The van der Waals surface area contributed by atoms with Crippen molar-refractivity contribution in [3.8, 4) is 0 Å². The highest BCUT2D eigenvalue weighted by Crippen LogP contribution is 2.36. The van der Waals surface area contributed by atoms with Crippen LogP contribution in [0.25, 0.3) is 6.08 Å². The molecule has 8 aliphatic rings. The summed E-state index contributed by atoms with van der Waals surface area (Å²) in [5.41, 5.74) is 11.4. The maximum absolute atomic E-state index is 14.8. The minimum Gasteiger partial charge on any atom is -0.478 e. The molecule has 28 nitrogen and oxygen atoms in total. The number of nitrogens with zero attached hydrogens (tertiary/aromatic N) is 6. The topological polar surface area (TPSA) is 373 Å². The number of aromatic carboxylic acids is 1. The highest BCUT2D eigenvalue weighted by atomic mass is 79.9. The highest BCUT2D eigenvalue weighted by Gasteiger charge is 2.43. The number of anilines is 3. The average Bonchev–Trinajstić information content (AvgIpc) is 1.79. The Morgan fingerprint density at radius 1 is 0.333 bits per heavy atom. The van der Waals surface area contributed by atoms with Crippen LogP contribution in [-0.2, 0) is 81.5 Å². The second-order valence-electron chi connectivity index (χ2n) is 36.3. The molecule has 8 fully saturated rings. The third-order valence-electron chi connectivity index (χ3n) is 25.0. The summed E-state index contributed by atoms with van der Waals surface area (Å²) in [4.78, 5) is 84.8. The molecule has 3 heterocycles. The number of hydrogen-bond acceptors (Lipinski definition) is 22. The number of sulfonamides is 5. The Morgan fingerprint density at radius 3 is 0.868 bits per heavy atom. The van der Waals surface area contributed by atoms with Crippen LogP contribution in [0.3, 0.4) is 0 Å². The first-order valence-corrected chi connectivity index (χ1v) is 58.3. The van der Waals surface area contributed by atoms with Gasteiger partial charge in [-0.3, -0.25) is 38.7 Å². The van der Waals surface area contributed by atoms with E-state index in [1.807, 2.05) is 30.5 Å². The molecule has 5 aliphatic carbocycles. The van der Waals surface area contributed by atoms with Gasteiger partial charge in [0.1, 0.15) is 34.9 Å². The number of benzene rings is 9. The Balaban J connectivity index is 0.000000158. The smallest absolute Gasteiger partial charge is 0.338 e. The lowest BCUT2D eigenvalue weighted by Gasteiger charge is -2.36. The normalized spacial score (nSPS) is 16.3. The number of carbonyl (C=O) groups is 6. The van der Waals surface area contributed by atoms with Gasteiger partial charge in [-0.05, 0) is 259 Å². The van der Waals surface area contributed by atoms with Crippen molar-refractivity contribution in [3.63, 3.8) is 0 Å². The summed E-state index contributed by atoms with van der Waals surface area (Å²) in [6, 6.07) is 41.1. The van der Waals surface area contributed by atoms with Crippen LogP contribution in [0.1, 0.15) is 194 Å². The number of amides is 5. The van der Waals surface area contributed by atoms with Gasteiger partial charge < -0.3 is 19.8 Å². The summed E-state index contributed by atoms with van der Waals surface area (Å²) in [5, 5.41) is 6.28. The van der Waals surface area contributed by atoms with E-state index in [-0.39, 0.29) is 33.4 Å². The zero-order valence-corrected chi connectivity index (χ0v) is 91.5. The minimum atomic E-state index is -3.74. The van der Waals surface area contributed by atoms with Gasteiger partial charge in [-0.15, -0.1) is 0 Å². The summed E-state index contributed by atoms with van der Waals surface area (Å²) >= 11 is 16.1. The number of carbonyl (C=O) groups excluding carboxylic acids is 5. The van der Waals surface area contributed by atoms with Crippen molar-refractivity contribution in [1.82, 2.24) is 38.3 Å². The minimum absolute atomic E-state index is 0.209. The number of carboxylic acids is 1. The van der Waals surface area contributed by atoms with E-state index in [2.05, 4.69) is 209 Å². The summed E-state index contributed by atoms with van der Waals surface area (Å²) in [6.45, 7) is 27.3. The van der Waals surface area contributed by atoms with Crippen LogP contribution >= 0.6 is 79.6 Å². The van der Waals surface area contributed by atoms with Gasteiger partial charge in [0.25, 0.3) is 29.5 Å². The van der Waals surface area contributed by atoms with Crippen molar-refractivity contribution < 1.29 is 102 Å². The number of halogens is 11. The summed E-state index contributed by atoms with van der Waals surface area (Å²) in [5.74, 6) is -10.2. The zero-order valence-electron chi connectivity index (χ0n) is 79.5. The van der Waals surface area contributed by atoms with Crippen molar-refractivity contribution in [2.45, 2.75) is 163 Å². The third kappa shape index (κ3) is 31.3. The molecule has 5 saturated carbocycles. The Hall–Kier alpha value is -9.45. The lowest BCUT2D eigenvalue weighted by atomic mass is 10.00. The van der Waals surface area contributed by atoms with Crippen LogP contribution < -0.4 is 38.3 Å². The molecule has 17 rings (SSSR count). The van der Waals surface area contributed by atoms with Crippen LogP contribution in [0, 0.1) is 69.5 Å². The van der Waals surface area contributed by atoms with Gasteiger partial charge >= 0.3 is 5.97 Å². The Bertz CT molecular complexity index is 6940.